The zero-order chi connectivity index (χ0) is 44.3. The van der Waals surface area contributed by atoms with Crippen LogP contribution in [0.25, 0.3) is 11.6 Å². The summed E-state index contributed by atoms with van der Waals surface area (Å²) in [6, 6.07) is 11.5. The zero-order valence-electron chi connectivity index (χ0n) is 36.4. The number of carbonyl (C=O) groups is 3. The number of rotatable bonds is 17. The number of anilines is 3. The highest BCUT2D eigenvalue weighted by atomic mass is 19.1. The normalized spacial score (nSPS) is 14.4. The van der Waals surface area contributed by atoms with E-state index in [9.17, 15) is 18.8 Å². The highest BCUT2D eigenvalue weighted by molar-refractivity contribution is 6.35. The molecular weight excluding hydrogens is 796 g/mol. The molecule has 4 heterocycles. The number of hydrogen-bond donors (Lipinski definition) is 5. The van der Waals surface area contributed by atoms with Gasteiger partial charge in [0.2, 0.25) is 17.7 Å². The van der Waals surface area contributed by atoms with Crippen molar-refractivity contribution >= 4 is 46.7 Å². The Labute approximate surface area is 359 Å². The van der Waals surface area contributed by atoms with Gasteiger partial charge < -0.3 is 49.8 Å². The average Bonchev–Trinajstić information content (AvgIpc) is 3.98. The third-order valence-electron chi connectivity index (χ3n) is 11.4. The number of hydrogen-bond acceptors (Lipinski definition) is 11. The summed E-state index contributed by atoms with van der Waals surface area (Å²) in [5.74, 6) is -0.164. The van der Waals surface area contributed by atoms with Crippen LogP contribution in [-0.4, -0.2) is 85.0 Å². The van der Waals surface area contributed by atoms with E-state index in [0.29, 0.717) is 58.2 Å². The van der Waals surface area contributed by atoms with Gasteiger partial charge in [0.1, 0.15) is 11.6 Å². The molecule has 0 saturated heterocycles. The zero-order valence-corrected chi connectivity index (χ0v) is 36.4. The Hall–Kier alpha value is -6.68. The van der Waals surface area contributed by atoms with Crippen LogP contribution in [0.3, 0.4) is 0 Å². The Bertz CT molecular complexity index is 2530. The van der Waals surface area contributed by atoms with Crippen molar-refractivity contribution in [3.05, 3.63) is 98.8 Å². The first kappa shape index (κ1) is 43.4. The molecule has 2 aromatic carbocycles. The van der Waals surface area contributed by atoms with Crippen molar-refractivity contribution in [2.45, 2.75) is 65.7 Å². The summed E-state index contributed by atoms with van der Waals surface area (Å²) in [7, 11) is 4.89. The van der Waals surface area contributed by atoms with Crippen LogP contribution in [0.2, 0.25) is 0 Å². The second-order valence-electron chi connectivity index (χ2n) is 16.3. The van der Waals surface area contributed by atoms with Crippen LogP contribution in [0, 0.1) is 26.6 Å². The molecule has 16 heteroatoms. The highest BCUT2D eigenvalue weighted by Crippen LogP contribution is 2.42. The Morgan fingerprint density at radius 3 is 2.44 bits per heavy atom. The summed E-state index contributed by atoms with van der Waals surface area (Å²) in [5.41, 5.74) is 7.67. The Morgan fingerprint density at radius 2 is 1.71 bits per heavy atom. The lowest BCUT2D eigenvalue weighted by Crippen LogP contribution is -2.29. The third-order valence-corrected chi connectivity index (χ3v) is 11.4. The lowest BCUT2D eigenvalue weighted by Gasteiger charge is -2.20. The van der Waals surface area contributed by atoms with Crippen LogP contribution in [-0.2, 0) is 16.6 Å². The summed E-state index contributed by atoms with van der Waals surface area (Å²) >= 11 is 0. The van der Waals surface area contributed by atoms with Gasteiger partial charge in [0.15, 0.2) is 11.4 Å². The van der Waals surface area contributed by atoms with Crippen molar-refractivity contribution in [3.63, 3.8) is 0 Å². The quantitative estimate of drug-likeness (QED) is 0.0455. The molecule has 5 aromatic rings. The molecule has 15 nitrogen and oxygen atoms in total. The molecule has 3 amide bonds. The number of aromatic amines is 1. The first-order valence-electron chi connectivity index (χ1n) is 20.6. The number of furan rings is 1. The van der Waals surface area contributed by atoms with Crippen LogP contribution in [0.15, 0.2) is 46.9 Å². The van der Waals surface area contributed by atoms with Gasteiger partial charge in [0.25, 0.3) is 23.7 Å². The maximum absolute atomic E-state index is 13.9. The number of aromatic nitrogens is 3. The number of amides is 3. The Morgan fingerprint density at radius 1 is 0.984 bits per heavy atom. The number of nitrogens with zero attached hydrogens (tertiary/aromatic N) is 3. The smallest absolute Gasteiger partial charge is 0.291 e. The number of methoxy groups -OCH3 is 2. The predicted molar refractivity (Wildman–Crippen MR) is 235 cm³/mol. The van der Waals surface area contributed by atoms with E-state index in [-0.39, 0.29) is 52.3 Å². The standard InChI is InChI=1S/C46H53FN8O7/c1-25-21-28-15-16-46(4,5)32(28)24-36(25)62-37-14-13-35(61-37)41(57)52-39-43(59-7)53-45(54-44(39)60-8)49-18-10-20-55(6)19-9-17-48-42(58)38-26(2)34(50-27(38)3)23-31-30-22-29(47)11-12-33(30)51-40(31)56/h11-14,21-24,50H,9-10,15-20H2,1-8H3,(H,48,58)(H,51,56)(H,52,57)(H,49,53,54)/b31-23-. The van der Waals surface area contributed by atoms with E-state index in [1.807, 2.05) is 27.8 Å². The van der Waals surface area contributed by atoms with Crippen LogP contribution < -0.4 is 35.5 Å². The molecule has 0 radical (unpaired) electrons. The lowest BCUT2D eigenvalue weighted by molar-refractivity contribution is -0.110. The Kier molecular flexibility index (Phi) is 12.7. The minimum atomic E-state index is -0.561. The largest absolute Gasteiger partial charge is 0.479 e. The van der Waals surface area contributed by atoms with Crippen molar-refractivity contribution < 1.29 is 37.4 Å². The van der Waals surface area contributed by atoms with Crippen molar-refractivity contribution in [1.82, 2.24) is 25.2 Å². The molecule has 0 atom stereocenters. The summed E-state index contributed by atoms with van der Waals surface area (Å²) in [6.45, 7) is 12.6. The van der Waals surface area contributed by atoms with E-state index in [1.165, 1.54) is 49.6 Å². The van der Waals surface area contributed by atoms with Crippen molar-refractivity contribution in [2.75, 3.05) is 63.4 Å². The second kappa shape index (κ2) is 18.1. The molecule has 0 saturated carbocycles. The first-order valence-corrected chi connectivity index (χ1v) is 20.6. The number of benzene rings is 2. The van der Waals surface area contributed by atoms with E-state index in [0.717, 1.165) is 44.3 Å². The van der Waals surface area contributed by atoms with Crippen molar-refractivity contribution in [2.24, 2.45) is 0 Å². The van der Waals surface area contributed by atoms with Crippen LogP contribution >= 0.6 is 0 Å². The maximum Gasteiger partial charge on any atom is 0.291 e. The number of fused-ring (bicyclic) bond motifs is 2. The molecule has 1 aliphatic heterocycles. The average molecular weight is 849 g/mol. The number of H-pyrrole nitrogens is 1. The van der Waals surface area contributed by atoms with Gasteiger partial charge in [0.05, 0.1) is 25.4 Å². The molecule has 2 aliphatic rings. The molecule has 1 aliphatic carbocycles. The first-order chi connectivity index (χ1) is 29.6. The summed E-state index contributed by atoms with van der Waals surface area (Å²) in [4.78, 5) is 53.4. The van der Waals surface area contributed by atoms with E-state index >= 15 is 0 Å². The highest BCUT2D eigenvalue weighted by Gasteiger charge is 2.31. The minimum Gasteiger partial charge on any atom is -0.479 e. The topological polar surface area (TPSA) is 185 Å². The van der Waals surface area contributed by atoms with E-state index in [2.05, 4.69) is 67.1 Å². The molecule has 3 aromatic heterocycles. The van der Waals surface area contributed by atoms with Gasteiger partial charge in [-0.1, -0.05) is 19.9 Å². The molecule has 0 fully saturated rings. The summed E-state index contributed by atoms with van der Waals surface area (Å²) < 4.78 is 36.8. The molecule has 5 N–H and O–H groups in total. The second-order valence-corrected chi connectivity index (χ2v) is 16.3. The van der Waals surface area contributed by atoms with Gasteiger partial charge in [0, 0.05) is 41.8 Å². The van der Waals surface area contributed by atoms with Gasteiger partial charge in [-0.3, -0.25) is 14.4 Å². The Balaban J connectivity index is 0.861. The van der Waals surface area contributed by atoms with Gasteiger partial charge in [-0.2, -0.15) is 9.97 Å². The van der Waals surface area contributed by atoms with Gasteiger partial charge >= 0.3 is 0 Å². The third kappa shape index (κ3) is 9.29. The van der Waals surface area contributed by atoms with E-state index < -0.39 is 11.7 Å². The van der Waals surface area contributed by atoms with Gasteiger partial charge in [-0.15, -0.1) is 0 Å². The van der Waals surface area contributed by atoms with Crippen LogP contribution in [0.5, 0.6) is 23.5 Å². The maximum atomic E-state index is 13.9. The summed E-state index contributed by atoms with van der Waals surface area (Å²) in [6.07, 6.45) is 5.26. The van der Waals surface area contributed by atoms with Crippen molar-refractivity contribution in [3.8, 4) is 23.5 Å². The number of ether oxygens (including phenoxy) is 3. The number of carbonyl (C=O) groups excluding carboxylic acids is 3. The molecular formula is C46H53FN8O7. The number of aryl methyl sites for hydroxylation is 3. The van der Waals surface area contributed by atoms with Crippen LogP contribution in [0.1, 0.15) is 93.2 Å². The minimum absolute atomic E-state index is 0.0227. The molecule has 0 unspecified atom stereocenters. The fourth-order valence-corrected chi connectivity index (χ4v) is 7.97. The van der Waals surface area contributed by atoms with Crippen molar-refractivity contribution in [1.29, 1.82) is 0 Å². The van der Waals surface area contributed by atoms with Gasteiger partial charge in [-0.05, 0) is 131 Å². The molecule has 326 valence electrons. The number of halogens is 1. The fourth-order valence-electron chi connectivity index (χ4n) is 7.97. The molecule has 62 heavy (non-hydrogen) atoms. The monoisotopic (exact) mass is 848 g/mol. The number of nitrogens with one attached hydrogen (secondary N) is 5. The molecule has 0 bridgehead atoms. The SMILES string of the molecule is COc1nc(NCCCN(C)CCCNC(=O)c2c(C)[nH]c(/C=C3\C(=O)Nc4ccc(F)cc43)c2C)nc(OC)c1NC(=O)c1ccc(Oc2cc3c(cc2C)CCC3(C)C)o1. The van der Waals surface area contributed by atoms with E-state index in [4.69, 9.17) is 18.6 Å². The lowest BCUT2D eigenvalue weighted by atomic mass is 9.86. The fraction of sp³-hybridized carbons (Fsp3) is 0.370. The van der Waals surface area contributed by atoms with Gasteiger partial charge in [-0.25, -0.2) is 4.39 Å². The summed E-state index contributed by atoms with van der Waals surface area (Å²) in [5, 5.41) is 11.7. The molecule has 7 rings (SSSR count). The predicted octanol–water partition coefficient (Wildman–Crippen LogP) is 7.79. The van der Waals surface area contributed by atoms with Crippen LogP contribution in [0.4, 0.5) is 21.7 Å². The molecule has 0 spiro atoms. The van der Waals surface area contributed by atoms with E-state index in [1.54, 1.807) is 12.1 Å².